The average molecular weight is 159 g/mol. The second-order valence-electron chi connectivity index (χ2n) is 3.83. The molecule has 66 valence electrons. The van der Waals surface area contributed by atoms with Gasteiger partial charge in [0.25, 0.3) is 0 Å². The number of rotatable bonds is 2. The number of ether oxygens (including phenoxy) is 1. The average Bonchev–Trinajstić information content (AvgIpc) is 1.80. The standard InChI is InChI=1S/C8H17NO2/c1-6(9)5-11-7(10)8(2,3)4/h6H,5,9H2,1-4H3. The maximum absolute atomic E-state index is 11.1. The zero-order chi connectivity index (χ0) is 9.07. The normalized spacial score (nSPS) is 14.3. The molecule has 0 fully saturated rings. The van der Waals surface area contributed by atoms with Crippen molar-refractivity contribution in [2.24, 2.45) is 11.1 Å². The van der Waals surface area contributed by atoms with E-state index in [0.29, 0.717) is 6.61 Å². The second kappa shape index (κ2) is 3.72. The van der Waals surface area contributed by atoms with Crippen molar-refractivity contribution in [2.45, 2.75) is 33.7 Å². The Morgan fingerprint density at radius 2 is 2.00 bits per heavy atom. The first-order valence-electron chi connectivity index (χ1n) is 3.77. The molecule has 0 aliphatic rings. The van der Waals surface area contributed by atoms with Crippen LogP contribution in [0.1, 0.15) is 27.7 Å². The summed E-state index contributed by atoms with van der Waals surface area (Å²) in [4.78, 5) is 11.1. The first-order valence-corrected chi connectivity index (χ1v) is 3.77. The Morgan fingerprint density at radius 1 is 1.55 bits per heavy atom. The van der Waals surface area contributed by atoms with Gasteiger partial charge in [0.1, 0.15) is 6.61 Å². The van der Waals surface area contributed by atoms with Gasteiger partial charge < -0.3 is 10.5 Å². The number of carbonyl (C=O) groups excluding carboxylic acids is 1. The SMILES string of the molecule is CC(N)COC(=O)C(C)(C)C. The van der Waals surface area contributed by atoms with Crippen molar-refractivity contribution in [1.82, 2.24) is 0 Å². The third-order valence-electron chi connectivity index (χ3n) is 1.09. The van der Waals surface area contributed by atoms with E-state index >= 15 is 0 Å². The fraction of sp³-hybridized carbons (Fsp3) is 0.875. The summed E-state index contributed by atoms with van der Waals surface area (Å²) in [7, 11) is 0. The van der Waals surface area contributed by atoms with Gasteiger partial charge in [0, 0.05) is 6.04 Å². The van der Waals surface area contributed by atoms with E-state index in [9.17, 15) is 4.79 Å². The van der Waals surface area contributed by atoms with Gasteiger partial charge in [0.2, 0.25) is 0 Å². The monoisotopic (exact) mass is 159 g/mol. The van der Waals surface area contributed by atoms with Gasteiger partial charge in [-0.2, -0.15) is 0 Å². The minimum absolute atomic E-state index is 0.0821. The first kappa shape index (κ1) is 10.4. The number of esters is 1. The van der Waals surface area contributed by atoms with Crippen LogP contribution < -0.4 is 5.73 Å². The third-order valence-corrected chi connectivity index (χ3v) is 1.09. The maximum atomic E-state index is 11.1. The molecule has 11 heavy (non-hydrogen) atoms. The van der Waals surface area contributed by atoms with Crippen molar-refractivity contribution in [1.29, 1.82) is 0 Å². The van der Waals surface area contributed by atoms with Crippen molar-refractivity contribution in [3.8, 4) is 0 Å². The van der Waals surface area contributed by atoms with Gasteiger partial charge in [-0.15, -0.1) is 0 Å². The van der Waals surface area contributed by atoms with Gasteiger partial charge in [-0.1, -0.05) is 0 Å². The Morgan fingerprint density at radius 3 is 2.27 bits per heavy atom. The fourth-order valence-electron chi connectivity index (χ4n) is 0.424. The summed E-state index contributed by atoms with van der Waals surface area (Å²) in [6.45, 7) is 7.55. The molecule has 2 N–H and O–H groups in total. The molecule has 0 rings (SSSR count). The highest BCUT2D eigenvalue weighted by atomic mass is 16.5. The summed E-state index contributed by atoms with van der Waals surface area (Å²) in [6.07, 6.45) is 0. The molecule has 0 radical (unpaired) electrons. The third kappa shape index (κ3) is 4.79. The molecule has 1 atom stereocenters. The lowest BCUT2D eigenvalue weighted by atomic mass is 9.97. The van der Waals surface area contributed by atoms with E-state index in [1.54, 1.807) is 6.92 Å². The van der Waals surface area contributed by atoms with Crippen LogP contribution >= 0.6 is 0 Å². The van der Waals surface area contributed by atoms with Crippen LogP contribution in [0, 0.1) is 5.41 Å². The highest BCUT2D eigenvalue weighted by molar-refractivity contribution is 5.75. The van der Waals surface area contributed by atoms with Crippen molar-refractivity contribution >= 4 is 5.97 Å². The van der Waals surface area contributed by atoms with Crippen LogP contribution in [0.5, 0.6) is 0 Å². The molecule has 0 amide bonds. The largest absolute Gasteiger partial charge is 0.464 e. The van der Waals surface area contributed by atoms with Gasteiger partial charge in [-0.25, -0.2) is 0 Å². The summed E-state index contributed by atoms with van der Waals surface area (Å²) in [6, 6.07) is -0.0821. The quantitative estimate of drug-likeness (QED) is 0.610. The van der Waals surface area contributed by atoms with Gasteiger partial charge in [0.15, 0.2) is 0 Å². The molecular formula is C8H17NO2. The van der Waals surface area contributed by atoms with Crippen LogP contribution in [-0.4, -0.2) is 18.6 Å². The second-order valence-corrected chi connectivity index (χ2v) is 3.83. The molecule has 0 saturated heterocycles. The van der Waals surface area contributed by atoms with Gasteiger partial charge in [0.05, 0.1) is 5.41 Å². The zero-order valence-corrected chi connectivity index (χ0v) is 7.68. The zero-order valence-electron chi connectivity index (χ0n) is 7.68. The summed E-state index contributed by atoms with van der Waals surface area (Å²) < 4.78 is 4.90. The van der Waals surface area contributed by atoms with E-state index in [1.165, 1.54) is 0 Å². The van der Waals surface area contributed by atoms with Crippen molar-refractivity contribution in [3.05, 3.63) is 0 Å². The lowest BCUT2D eigenvalue weighted by Gasteiger charge is -2.17. The molecule has 0 bridgehead atoms. The predicted molar refractivity (Wildman–Crippen MR) is 44.1 cm³/mol. The summed E-state index contributed by atoms with van der Waals surface area (Å²) >= 11 is 0. The van der Waals surface area contributed by atoms with E-state index in [2.05, 4.69) is 0 Å². The van der Waals surface area contributed by atoms with Crippen molar-refractivity contribution < 1.29 is 9.53 Å². The maximum Gasteiger partial charge on any atom is 0.311 e. The molecular weight excluding hydrogens is 142 g/mol. The molecule has 0 aromatic heterocycles. The fourth-order valence-corrected chi connectivity index (χ4v) is 0.424. The minimum Gasteiger partial charge on any atom is -0.464 e. The Labute approximate surface area is 67.9 Å². The van der Waals surface area contributed by atoms with Crippen molar-refractivity contribution in [3.63, 3.8) is 0 Å². The Kier molecular flexibility index (Phi) is 3.52. The molecule has 0 aromatic carbocycles. The van der Waals surface area contributed by atoms with Crippen LogP contribution in [-0.2, 0) is 9.53 Å². The molecule has 3 heteroatoms. The highest BCUT2D eigenvalue weighted by Gasteiger charge is 2.22. The van der Waals surface area contributed by atoms with Crippen molar-refractivity contribution in [2.75, 3.05) is 6.61 Å². The van der Waals surface area contributed by atoms with Crippen LogP contribution in [0.2, 0.25) is 0 Å². The van der Waals surface area contributed by atoms with Gasteiger partial charge >= 0.3 is 5.97 Å². The number of carbonyl (C=O) groups is 1. The van der Waals surface area contributed by atoms with Gasteiger partial charge in [-0.05, 0) is 27.7 Å². The summed E-state index contributed by atoms with van der Waals surface area (Å²) in [5.41, 5.74) is 4.99. The lowest BCUT2D eigenvalue weighted by Crippen LogP contribution is -2.29. The van der Waals surface area contributed by atoms with E-state index in [0.717, 1.165) is 0 Å². The topological polar surface area (TPSA) is 52.3 Å². The van der Waals surface area contributed by atoms with Crippen LogP contribution in [0.25, 0.3) is 0 Å². The Hall–Kier alpha value is -0.570. The van der Waals surface area contributed by atoms with E-state index < -0.39 is 5.41 Å². The predicted octanol–water partition coefficient (Wildman–Crippen LogP) is 0.923. The summed E-state index contributed by atoms with van der Waals surface area (Å²) in [5, 5.41) is 0. The van der Waals surface area contributed by atoms with E-state index in [1.807, 2.05) is 20.8 Å². The lowest BCUT2D eigenvalue weighted by molar-refractivity contribution is -0.153. The molecule has 0 aromatic rings. The smallest absolute Gasteiger partial charge is 0.311 e. The van der Waals surface area contributed by atoms with E-state index in [-0.39, 0.29) is 12.0 Å². The molecule has 3 nitrogen and oxygen atoms in total. The first-order chi connectivity index (χ1) is 4.84. The summed E-state index contributed by atoms with van der Waals surface area (Å²) in [5.74, 6) is -0.199. The number of hydrogen-bond acceptors (Lipinski definition) is 3. The molecule has 0 saturated carbocycles. The van der Waals surface area contributed by atoms with Gasteiger partial charge in [-0.3, -0.25) is 4.79 Å². The molecule has 1 unspecified atom stereocenters. The van der Waals surface area contributed by atoms with Crippen LogP contribution in [0.15, 0.2) is 0 Å². The van der Waals surface area contributed by atoms with Crippen LogP contribution in [0.4, 0.5) is 0 Å². The Bertz CT molecular complexity index is 136. The molecule has 0 heterocycles. The minimum atomic E-state index is -0.422. The Balaban J connectivity index is 3.71. The van der Waals surface area contributed by atoms with Crippen LogP contribution in [0.3, 0.4) is 0 Å². The molecule has 0 spiro atoms. The molecule has 0 aliphatic carbocycles. The molecule has 0 aliphatic heterocycles. The number of hydrogen-bond donors (Lipinski definition) is 1. The number of nitrogens with two attached hydrogens (primary N) is 1. The highest BCUT2D eigenvalue weighted by Crippen LogP contribution is 2.14. The van der Waals surface area contributed by atoms with E-state index in [4.69, 9.17) is 10.5 Å².